The van der Waals surface area contributed by atoms with Crippen LogP contribution in [0.3, 0.4) is 0 Å². The van der Waals surface area contributed by atoms with Crippen LogP contribution in [0.4, 0.5) is 23.7 Å². The normalized spacial score (nSPS) is 10.5. The van der Waals surface area contributed by atoms with Crippen LogP contribution in [-0.4, -0.2) is 13.1 Å². The molecule has 17 heavy (non-hydrogen) atoms. The number of nitrogens with zero attached hydrogens (tertiary/aromatic N) is 1. The quantitative estimate of drug-likeness (QED) is 0.795. The minimum atomic E-state index is -4.52. The van der Waals surface area contributed by atoms with Gasteiger partial charge in [-0.1, -0.05) is 0 Å². The van der Waals surface area contributed by atoms with Gasteiger partial charge in [0, 0.05) is 7.05 Å². The molecule has 2 N–H and O–H groups in total. The molecule has 0 bridgehead atoms. The van der Waals surface area contributed by atoms with Crippen molar-refractivity contribution in [2.24, 2.45) is 0 Å². The molecule has 0 saturated heterocycles. The lowest BCUT2D eigenvalue weighted by atomic mass is 10.1. The Morgan fingerprint density at radius 1 is 1.41 bits per heavy atom. The van der Waals surface area contributed by atoms with Gasteiger partial charge in [-0.2, -0.15) is 18.4 Å². The molecule has 4 nitrogen and oxygen atoms in total. The molecule has 1 aromatic carbocycles. The van der Waals surface area contributed by atoms with Crippen molar-refractivity contribution in [3.63, 3.8) is 0 Å². The van der Waals surface area contributed by atoms with Crippen molar-refractivity contribution in [2.45, 2.75) is 6.18 Å². The average molecular weight is 243 g/mol. The highest BCUT2D eigenvalue weighted by Crippen LogP contribution is 2.31. The van der Waals surface area contributed by atoms with E-state index in [2.05, 4.69) is 10.6 Å². The fourth-order valence-corrected chi connectivity index (χ4v) is 1.11. The number of nitrogens with one attached hydrogen (secondary N) is 2. The second-order valence-electron chi connectivity index (χ2n) is 3.07. The molecule has 0 aromatic heterocycles. The average Bonchev–Trinajstić information content (AvgIpc) is 2.27. The number of rotatable bonds is 1. The predicted molar refractivity (Wildman–Crippen MR) is 54.2 cm³/mol. The van der Waals surface area contributed by atoms with Crippen LogP contribution in [-0.2, 0) is 6.18 Å². The van der Waals surface area contributed by atoms with Crippen molar-refractivity contribution >= 4 is 11.7 Å². The van der Waals surface area contributed by atoms with E-state index in [4.69, 9.17) is 5.26 Å². The zero-order chi connectivity index (χ0) is 13.1. The van der Waals surface area contributed by atoms with Crippen LogP contribution < -0.4 is 10.6 Å². The molecule has 0 saturated carbocycles. The predicted octanol–water partition coefficient (Wildman–Crippen LogP) is 2.33. The summed E-state index contributed by atoms with van der Waals surface area (Å²) in [5, 5.41) is 13.2. The van der Waals surface area contributed by atoms with E-state index in [0.29, 0.717) is 6.07 Å². The summed E-state index contributed by atoms with van der Waals surface area (Å²) in [6.07, 6.45) is -4.52. The monoisotopic (exact) mass is 243 g/mol. The highest BCUT2D eigenvalue weighted by atomic mass is 19.4. The lowest BCUT2D eigenvalue weighted by Gasteiger charge is -2.10. The lowest BCUT2D eigenvalue weighted by molar-refractivity contribution is -0.137. The maximum atomic E-state index is 12.4. The summed E-state index contributed by atoms with van der Waals surface area (Å²) in [4.78, 5) is 11.0. The van der Waals surface area contributed by atoms with E-state index in [0.717, 1.165) is 12.1 Å². The number of carbonyl (C=O) groups excluding carboxylic acids is 1. The molecule has 0 aliphatic heterocycles. The molecule has 0 unspecified atom stereocenters. The molecule has 0 radical (unpaired) electrons. The van der Waals surface area contributed by atoms with E-state index >= 15 is 0 Å². The molecule has 0 heterocycles. The standard InChI is InChI=1S/C10H8F3N3O/c1-15-9(17)16-8-3-2-7(10(11,12)13)4-6(8)5-14/h2-4H,1H3,(H2,15,16,17). The van der Waals surface area contributed by atoms with Crippen LogP contribution in [0.2, 0.25) is 0 Å². The number of hydrogen-bond acceptors (Lipinski definition) is 2. The third-order valence-electron chi connectivity index (χ3n) is 1.94. The SMILES string of the molecule is CNC(=O)Nc1ccc(C(F)(F)F)cc1C#N. The molecule has 7 heteroatoms. The summed E-state index contributed by atoms with van der Waals surface area (Å²) >= 11 is 0. The summed E-state index contributed by atoms with van der Waals surface area (Å²) in [5.41, 5.74) is -1.15. The van der Waals surface area contributed by atoms with Crippen LogP contribution in [0, 0.1) is 11.3 Å². The summed E-state index contributed by atoms with van der Waals surface area (Å²) in [6.45, 7) is 0. The minimum absolute atomic E-state index is 0.0276. The highest BCUT2D eigenvalue weighted by Gasteiger charge is 2.31. The van der Waals surface area contributed by atoms with Gasteiger partial charge >= 0.3 is 12.2 Å². The van der Waals surface area contributed by atoms with Gasteiger partial charge in [0.15, 0.2) is 0 Å². The number of halogens is 3. The number of carbonyl (C=O) groups is 1. The highest BCUT2D eigenvalue weighted by molar-refractivity contribution is 5.90. The van der Waals surface area contributed by atoms with Gasteiger partial charge in [-0.3, -0.25) is 0 Å². The molecule has 0 aliphatic carbocycles. The van der Waals surface area contributed by atoms with Crippen LogP contribution in [0.5, 0.6) is 0 Å². The van der Waals surface area contributed by atoms with Crippen LogP contribution >= 0.6 is 0 Å². The fourth-order valence-electron chi connectivity index (χ4n) is 1.11. The van der Waals surface area contributed by atoms with Crippen molar-refractivity contribution in [2.75, 3.05) is 12.4 Å². The van der Waals surface area contributed by atoms with E-state index in [1.54, 1.807) is 6.07 Å². The second kappa shape index (κ2) is 4.74. The molecule has 1 aromatic rings. The van der Waals surface area contributed by atoms with Gasteiger partial charge < -0.3 is 10.6 Å². The molecule has 0 spiro atoms. The molecular formula is C10H8F3N3O. The number of alkyl halides is 3. The van der Waals surface area contributed by atoms with Crippen molar-refractivity contribution in [1.29, 1.82) is 5.26 Å². The Hall–Kier alpha value is -2.23. The van der Waals surface area contributed by atoms with Crippen molar-refractivity contribution in [3.8, 4) is 6.07 Å². The number of benzene rings is 1. The smallest absolute Gasteiger partial charge is 0.341 e. The van der Waals surface area contributed by atoms with Gasteiger partial charge in [0.05, 0.1) is 16.8 Å². The number of hydrogen-bond donors (Lipinski definition) is 2. The Labute approximate surface area is 95.0 Å². The van der Waals surface area contributed by atoms with Crippen molar-refractivity contribution in [3.05, 3.63) is 29.3 Å². The largest absolute Gasteiger partial charge is 0.416 e. The number of urea groups is 1. The van der Waals surface area contributed by atoms with Crippen molar-refractivity contribution < 1.29 is 18.0 Å². The van der Waals surface area contributed by atoms with E-state index in [-0.39, 0.29) is 11.3 Å². The minimum Gasteiger partial charge on any atom is -0.341 e. The van der Waals surface area contributed by atoms with Crippen LogP contribution in [0.1, 0.15) is 11.1 Å². The van der Waals surface area contributed by atoms with Gasteiger partial charge in [-0.25, -0.2) is 4.79 Å². The number of amides is 2. The number of anilines is 1. The Kier molecular flexibility index (Phi) is 3.58. The Morgan fingerprint density at radius 3 is 2.53 bits per heavy atom. The van der Waals surface area contributed by atoms with Crippen LogP contribution in [0.25, 0.3) is 0 Å². The summed E-state index contributed by atoms with van der Waals surface area (Å²) < 4.78 is 37.1. The van der Waals surface area contributed by atoms with Gasteiger partial charge in [0.2, 0.25) is 0 Å². The third-order valence-corrected chi connectivity index (χ3v) is 1.94. The molecule has 0 fully saturated rings. The topological polar surface area (TPSA) is 64.9 Å². The molecule has 1 rings (SSSR count). The summed E-state index contributed by atoms with van der Waals surface area (Å²) in [6, 6.07) is 3.51. The first-order valence-corrected chi connectivity index (χ1v) is 4.48. The van der Waals surface area contributed by atoms with Gasteiger partial charge in [-0.15, -0.1) is 0 Å². The first-order valence-electron chi connectivity index (χ1n) is 4.48. The zero-order valence-corrected chi connectivity index (χ0v) is 8.72. The molecular weight excluding hydrogens is 235 g/mol. The van der Waals surface area contributed by atoms with E-state index in [1.807, 2.05) is 0 Å². The molecule has 0 aliphatic rings. The molecule has 0 atom stereocenters. The summed E-state index contributed by atoms with van der Waals surface area (Å²) in [7, 11) is 1.35. The number of nitriles is 1. The Morgan fingerprint density at radius 2 is 2.06 bits per heavy atom. The maximum absolute atomic E-state index is 12.4. The van der Waals surface area contributed by atoms with Crippen LogP contribution in [0.15, 0.2) is 18.2 Å². The van der Waals surface area contributed by atoms with E-state index in [9.17, 15) is 18.0 Å². The molecule has 2 amide bonds. The second-order valence-corrected chi connectivity index (χ2v) is 3.07. The maximum Gasteiger partial charge on any atom is 0.416 e. The van der Waals surface area contributed by atoms with Gasteiger partial charge in [0.25, 0.3) is 0 Å². The Balaban J connectivity index is 3.11. The van der Waals surface area contributed by atoms with E-state index in [1.165, 1.54) is 7.05 Å². The van der Waals surface area contributed by atoms with Crippen molar-refractivity contribution in [1.82, 2.24) is 5.32 Å². The first-order chi connectivity index (χ1) is 7.88. The molecule has 90 valence electrons. The van der Waals surface area contributed by atoms with E-state index < -0.39 is 17.8 Å². The zero-order valence-electron chi connectivity index (χ0n) is 8.72. The lowest BCUT2D eigenvalue weighted by Crippen LogP contribution is -2.25. The summed E-state index contributed by atoms with van der Waals surface area (Å²) in [5.74, 6) is 0. The first kappa shape index (κ1) is 12.8. The van der Waals surface area contributed by atoms with Gasteiger partial charge in [0.1, 0.15) is 6.07 Å². The fraction of sp³-hybridized carbons (Fsp3) is 0.200. The third kappa shape index (κ3) is 3.11. The van der Waals surface area contributed by atoms with Gasteiger partial charge in [-0.05, 0) is 18.2 Å². The Bertz CT molecular complexity index is 477.